The van der Waals surface area contributed by atoms with E-state index in [4.69, 9.17) is 18.6 Å². The number of benzene rings is 2. The lowest BCUT2D eigenvalue weighted by Crippen LogP contribution is -2.66. The van der Waals surface area contributed by atoms with Crippen LogP contribution in [0.1, 0.15) is 37.3 Å². The van der Waals surface area contributed by atoms with Gasteiger partial charge < -0.3 is 23.5 Å². The highest BCUT2D eigenvalue weighted by atomic mass is 32.2. The maximum absolute atomic E-state index is 13.5. The number of carbonyl (C=O) groups excluding carboxylic acids is 3. The van der Waals surface area contributed by atoms with E-state index >= 15 is 0 Å². The number of thioether (sulfide) groups is 1. The summed E-state index contributed by atoms with van der Waals surface area (Å²) in [6.07, 6.45) is -0.844. The molecule has 45 heavy (non-hydrogen) atoms. The van der Waals surface area contributed by atoms with Crippen molar-refractivity contribution in [3.8, 4) is 0 Å². The van der Waals surface area contributed by atoms with Gasteiger partial charge in [0.05, 0.1) is 21.8 Å². The lowest BCUT2D eigenvalue weighted by atomic mass is 9.76. The van der Waals surface area contributed by atoms with Crippen molar-refractivity contribution in [3.05, 3.63) is 96.4 Å². The zero-order chi connectivity index (χ0) is 32.5. The van der Waals surface area contributed by atoms with Crippen molar-refractivity contribution in [3.63, 3.8) is 0 Å². The summed E-state index contributed by atoms with van der Waals surface area (Å²) >= 11 is 1.01. The second-order valence-electron chi connectivity index (χ2n) is 10.6. The van der Waals surface area contributed by atoms with E-state index < -0.39 is 45.4 Å². The number of ether oxygens (including phenoxy) is 3. The fraction of sp³-hybridized carbons (Fsp3) is 0.321. The van der Waals surface area contributed by atoms with E-state index in [0.29, 0.717) is 21.9 Å². The highest BCUT2D eigenvalue weighted by molar-refractivity contribution is 8.02. The van der Waals surface area contributed by atoms with E-state index in [-0.39, 0.29) is 41.9 Å². The first-order chi connectivity index (χ1) is 21.3. The predicted octanol–water partition coefficient (Wildman–Crippen LogP) is 4.60. The molecule has 2 aliphatic heterocycles. The zero-order valence-corrected chi connectivity index (χ0v) is 24.8. The molecule has 1 fully saturated rings. The molecule has 3 heterocycles. The van der Waals surface area contributed by atoms with Crippen molar-refractivity contribution >= 4 is 41.2 Å². The Labute approximate surface area is 258 Å². The number of esters is 1. The molecule has 0 spiro atoms. The Morgan fingerprint density at radius 3 is 2.04 bits per heavy atom. The maximum Gasteiger partial charge on any atom is 0.509 e. The van der Waals surface area contributed by atoms with Crippen LogP contribution in [0.25, 0.3) is 0 Å². The van der Waals surface area contributed by atoms with Gasteiger partial charge in [0.15, 0.2) is 0 Å². The van der Waals surface area contributed by atoms with Crippen LogP contribution >= 0.6 is 11.8 Å². The van der Waals surface area contributed by atoms with Crippen molar-refractivity contribution in [2.24, 2.45) is 5.92 Å². The number of hydrogen-bond acceptors (Lipinski definition) is 14. The first-order valence-corrected chi connectivity index (χ1v) is 14.2. The van der Waals surface area contributed by atoms with Crippen LogP contribution in [-0.4, -0.2) is 54.6 Å². The molecule has 5 rings (SSSR count). The predicted molar refractivity (Wildman–Crippen MR) is 152 cm³/mol. The molecule has 1 aromatic heterocycles. The van der Waals surface area contributed by atoms with Crippen LogP contribution in [0.4, 0.5) is 16.2 Å². The summed E-state index contributed by atoms with van der Waals surface area (Å²) in [4.78, 5) is 61.8. The fourth-order valence-corrected chi connectivity index (χ4v) is 6.02. The highest BCUT2D eigenvalue weighted by Gasteiger charge is 2.62. The monoisotopic (exact) mass is 639 g/mol. The quantitative estimate of drug-likeness (QED) is 0.122. The number of β-lactam (4-membered cyclic amide) rings is 1. The van der Waals surface area contributed by atoms with E-state index in [2.05, 4.69) is 10.2 Å². The number of nitro groups is 2. The number of nitro benzene ring substituents is 2. The van der Waals surface area contributed by atoms with Crippen LogP contribution < -0.4 is 0 Å². The van der Waals surface area contributed by atoms with Crippen molar-refractivity contribution in [2.75, 3.05) is 0 Å². The summed E-state index contributed by atoms with van der Waals surface area (Å²) in [5.41, 5.74) is -0.587. The largest absolute Gasteiger partial charge is 0.509 e. The van der Waals surface area contributed by atoms with Gasteiger partial charge in [-0.3, -0.25) is 25.0 Å². The number of fused-ring (bicyclic) bond motifs is 1. The minimum absolute atomic E-state index is 0.0134. The molecule has 0 N–H and O–H groups in total. The molecule has 17 heteroatoms. The van der Waals surface area contributed by atoms with E-state index in [0.717, 1.165) is 11.8 Å². The molecule has 234 valence electrons. The summed E-state index contributed by atoms with van der Waals surface area (Å²) in [7, 11) is 0. The first kappa shape index (κ1) is 31.1. The molecule has 16 nitrogen and oxygen atoms in total. The Kier molecular flexibility index (Phi) is 8.54. The van der Waals surface area contributed by atoms with Crippen molar-refractivity contribution < 1.29 is 42.9 Å². The third-order valence-corrected chi connectivity index (χ3v) is 8.09. The van der Waals surface area contributed by atoms with Crippen LogP contribution in [0.2, 0.25) is 0 Å². The molecule has 1 amide bonds. The Balaban J connectivity index is 1.27. The lowest BCUT2D eigenvalue weighted by molar-refractivity contribution is -0.385. The van der Waals surface area contributed by atoms with E-state index in [1.165, 1.54) is 53.4 Å². The Morgan fingerprint density at radius 2 is 1.53 bits per heavy atom. The molecule has 2 aromatic carbocycles. The van der Waals surface area contributed by atoms with Crippen molar-refractivity contribution in [1.29, 1.82) is 0 Å². The van der Waals surface area contributed by atoms with Crippen LogP contribution in [0, 0.1) is 33.1 Å². The van der Waals surface area contributed by atoms with Gasteiger partial charge in [-0.05, 0) is 61.0 Å². The van der Waals surface area contributed by atoms with Gasteiger partial charge in [0.1, 0.15) is 24.5 Å². The molecule has 0 saturated carbocycles. The molecular formula is C28H25N5O11S. The van der Waals surface area contributed by atoms with Crippen LogP contribution in [-0.2, 0) is 37.0 Å². The first-order valence-electron chi connectivity index (χ1n) is 13.4. The Bertz CT molecular complexity index is 1700. The molecule has 0 aliphatic carbocycles. The third-order valence-electron chi connectivity index (χ3n) is 7.15. The summed E-state index contributed by atoms with van der Waals surface area (Å²) in [6, 6.07) is 10.4. The number of nitrogens with zero attached hydrogens (tertiary/aromatic N) is 5. The van der Waals surface area contributed by atoms with E-state index in [9.17, 15) is 34.6 Å². The number of non-ortho nitro benzene ring substituents is 2. The van der Waals surface area contributed by atoms with Gasteiger partial charge in [0.2, 0.25) is 11.8 Å². The summed E-state index contributed by atoms with van der Waals surface area (Å²) < 4.78 is 21.7. The summed E-state index contributed by atoms with van der Waals surface area (Å²) in [6.45, 7) is 4.30. The second kappa shape index (κ2) is 12.4. The van der Waals surface area contributed by atoms with Gasteiger partial charge in [-0.15, -0.1) is 10.2 Å². The smallest absolute Gasteiger partial charge is 0.456 e. The molecule has 2 aliphatic rings. The molecule has 0 bridgehead atoms. The number of amides is 1. The normalized spacial score (nSPS) is 17.4. The number of aryl methyl sites for hydroxylation is 1. The number of hydrogen-bond donors (Lipinski definition) is 0. The van der Waals surface area contributed by atoms with Crippen LogP contribution in [0.5, 0.6) is 0 Å². The maximum atomic E-state index is 13.5. The third kappa shape index (κ3) is 6.62. The van der Waals surface area contributed by atoms with Crippen LogP contribution in [0.15, 0.2) is 68.8 Å². The average Bonchev–Trinajstić information content (AvgIpc) is 3.54. The Morgan fingerprint density at radius 1 is 0.978 bits per heavy atom. The zero-order valence-electron chi connectivity index (χ0n) is 24.0. The van der Waals surface area contributed by atoms with Gasteiger partial charge in [-0.2, -0.15) is 0 Å². The Hall–Kier alpha value is -5.32. The SMILES string of the molecule is Cc1nnc(SC2=C(C(=O)OCc3ccc([N+](=O)[O-])cc3)N3C(=O)[C@@H](C(C)(C)OC(=O)OCc4ccc([N+](=O)[O-])cc4)[C@H]3C2)o1. The van der Waals surface area contributed by atoms with E-state index in [1.807, 2.05) is 0 Å². The van der Waals surface area contributed by atoms with Crippen molar-refractivity contribution in [1.82, 2.24) is 15.1 Å². The second-order valence-corrected chi connectivity index (χ2v) is 11.6. The molecule has 0 unspecified atom stereocenters. The molecular weight excluding hydrogens is 614 g/mol. The fourth-order valence-electron chi connectivity index (χ4n) is 5.03. The van der Waals surface area contributed by atoms with Gasteiger partial charge in [0.25, 0.3) is 16.6 Å². The topological polar surface area (TPSA) is 207 Å². The minimum Gasteiger partial charge on any atom is -0.456 e. The van der Waals surface area contributed by atoms with Crippen LogP contribution in [0.3, 0.4) is 0 Å². The number of aromatic nitrogens is 2. The minimum atomic E-state index is -1.35. The van der Waals surface area contributed by atoms with Gasteiger partial charge in [-0.25, -0.2) is 9.59 Å². The lowest BCUT2D eigenvalue weighted by Gasteiger charge is -2.49. The van der Waals surface area contributed by atoms with Gasteiger partial charge in [-0.1, -0.05) is 0 Å². The standard InChI is InChI=1S/C28H25N5O11S/c1-15-29-30-26(43-15)45-21-12-20-22(28(2,3)44-27(36)42-14-17-6-10-19(11-7-17)33(39)40)24(34)31(20)23(21)25(35)41-13-16-4-8-18(9-5-16)32(37)38/h4-11,20,22H,12-14H2,1-3H3/t20-,22+/m1/s1. The molecule has 0 radical (unpaired) electrons. The summed E-state index contributed by atoms with van der Waals surface area (Å²) in [5, 5.41) is 29.7. The van der Waals surface area contributed by atoms with Gasteiger partial charge in [0, 0.05) is 42.5 Å². The van der Waals surface area contributed by atoms with Gasteiger partial charge >= 0.3 is 12.1 Å². The number of rotatable bonds is 11. The average molecular weight is 640 g/mol. The van der Waals surface area contributed by atoms with E-state index in [1.54, 1.807) is 20.8 Å². The highest BCUT2D eigenvalue weighted by Crippen LogP contribution is 2.51. The van der Waals surface area contributed by atoms with Crippen molar-refractivity contribution in [2.45, 2.75) is 57.3 Å². The molecule has 1 saturated heterocycles. The number of carbonyl (C=O) groups is 3. The summed E-state index contributed by atoms with van der Waals surface area (Å²) in [5.74, 6) is -1.82. The molecule has 2 atom stereocenters. The molecule has 3 aromatic rings.